The molecule has 5 nitrogen and oxygen atoms in total. The van der Waals surface area contributed by atoms with Crippen molar-refractivity contribution in [2.75, 3.05) is 6.54 Å². The second-order valence-electron chi connectivity index (χ2n) is 3.55. The maximum absolute atomic E-state index is 10.4. The number of aliphatic carboxylic acids is 1. The van der Waals surface area contributed by atoms with Crippen molar-refractivity contribution in [1.29, 1.82) is 5.41 Å². The van der Waals surface area contributed by atoms with Crippen LogP contribution in [0, 0.1) is 5.41 Å². The molecule has 0 aliphatic carbocycles. The first-order valence-corrected chi connectivity index (χ1v) is 4.86. The van der Waals surface area contributed by atoms with Crippen LogP contribution in [0.1, 0.15) is 26.7 Å². The Hall–Kier alpha value is -1.36. The molecule has 0 radical (unpaired) electrons. The molecular weight excluding hydrogens is 194 g/mol. The maximum atomic E-state index is 10.4. The molecular formula is C10H19N3O2. The predicted octanol–water partition coefficient (Wildman–Crippen LogP) is 0.712. The third kappa shape index (κ3) is 7.69. The average Bonchev–Trinajstić information content (AvgIpc) is 2.14. The largest absolute Gasteiger partial charge is 0.480 e. The number of carboxylic acid groups (broad SMARTS) is 1. The molecule has 0 heterocycles. The second-order valence-corrected chi connectivity index (χ2v) is 3.55. The van der Waals surface area contributed by atoms with Gasteiger partial charge in [-0.05, 0) is 26.7 Å². The number of nitrogens with two attached hydrogens (primary N) is 1. The first-order valence-electron chi connectivity index (χ1n) is 4.86. The van der Waals surface area contributed by atoms with Crippen LogP contribution in [-0.4, -0.2) is 29.5 Å². The first kappa shape index (κ1) is 13.6. The van der Waals surface area contributed by atoms with E-state index >= 15 is 0 Å². The van der Waals surface area contributed by atoms with Gasteiger partial charge in [-0.25, -0.2) is 0 Å². The van der Waals surface area contributed by atoms with Gasteiger partial charge in [0.15, 0.2) is 0 Å². The summed E-state index contributed by atoms with van der Waals surface area (Å²) in [5.41, 5.74) is 6.43. The summed E-state index contributed by atoms with van der Waals surface area (Å²) in [6.45, 7) is 4.23. The molecule has 5 N–H and O–H groups in total. The molecule has 0 aromatic rings. The molecule has 0 aliphatic rings. The summed E-state index contributed by atoms with van der Waals surface area (Å²) in [6.07, 6.45) is 3.03. The van der Waals surface area contributed by atoms with Gasteiger partial charge in [0.05, 0.1) is 5.84 Å². The van der Waals surface area contributed by atoms with Crippen LogP contribution in [0.4, 0.5) is 0 Å². The SMILES string of the molecule is CC(=N)NC/C(C)=C/CC[C@H](N)C(=O)O. The fourth-order valence-electron chi connectivity index (χ4n) is 0.977. The van der Waals surface area contributed by atoms with Crippen molar-refractivity contribution < 1.29 is 9.90 Å². The van der Waals surface area contributed by atoms with Crippen molar-refractivity contribution in [3.63, 3.8) is 0 Å². The third-order valence-electron chi connectivity index (χ3n) is 1.92. The third-order valence-corrected chi connectivity index (χ3v) is 1.92. The molecule has 1 atom stereocenters. The summed E-state index contributed by atoms with van der Waals surface area (Å²) < 4.78 is 0. The topological polar surface area (TPSA) is 99.2 Å². The Balaban J connectivity index is 3.76. The minimum Gasteiger partial charge on any atom is -0.480 e. The minimum absolute atomic E-state index is 0.421. The molecule has 86 valence electrons. The summed E-state index contributed by atoms with van der Waals surface area (Å²) in [5, 5.41) is 18.6. The Morgan fingerprint density at radius 1 is 1.60 bits per heavy atom. The van der Waals surface area contributed by atoms with Gasteiger partial charge in [-0.15, -0.1) is 0 Å². The highest BCUT2D eigenvalue weighted by Gasteiger charge is 2.09. The molecule has 0 aromatic carbocycles. The number of allylic oxidation sites excluding steroid dienone is 1. The minimum atomic E-state index is -0.963. The van der Waals surface area contributed by atoms with Gasteiger partial charge in [-0.2, -0.15) is 0 Å². The lowest BCUT2D eigenvalue weighted by Crippen LogP contribution is -2.29. The molecule has 0 amide bonds. The first-order chi connectivity index (χ1) is 6.93. The van der Waals surface area contributed by atoms with E-state index in [9.17, 15) is 4.79 Å². The molecule has 0 spiro atoms. The van der Waals surface area contributed by atoms with Gasteiger partial charge in [0.25, 0.3) is 0 Å². The normalized spacial score (nSPS) is 13.4. The van der Waals surface area contributed by atoms with Gasteiger partial charge >= 0.3 is 5.97 Å². The number of hydrogen-bond acceptors (Lipinski definition) is 3. The zero-order valence-corrected chi connectivity index (χ0v) is 9.21. The molecule has 0 bridgehead atoms. The zero-order chi connectivity index (χ0) is 11.8. The predicted molar refractivity (Wildman–Crippen MR) is 60.0 cm³/mol. The van der Waals surface area contributed by atoms with E-state index in [-0.39, 0.29) is 0 Å². The van der Waals surface area contributed by atoms with E-state index in [2.05, 4.69) is 5.32 Å². The smallest absolute Gasteiger partial charge is 0.320 e. The summed E-state index contributed by atoms with van der Waals surface area (Å²) in [7, 11) is 0. The lowest BCUT2D eigenvalue weighted by molar-refractivity contribution is -0.138. The summed E-state index contributed by atoms with van der Waals surface area (Å²) in [6, 6.07) is -0.786. The summed E-state index contributed by atoms with van der Waals surface area (Å²) in [5.74, 6) is -0.542. The zero-order valence-electron chi connectivity index (χ0n) is 9.21. The van der Waals surface area contributed by atoms with Crippen LogP contribution in [0.5, 0.6) is 0 Å². The Kier molecular flexibility index (Phi) is 6.37. The Labute approximate surface area is 89.9 Å². The Bertz CT molecular complexity index is 261. The fourth-order valence-corrected chi connectivity index (χ4v) is 0.977. The Morgan fingerprint density at radius 2 is 2.20 bits per heavy atom. The van der Waals surface area contributed by atoms with E-state index in [0.717, 1.165) is 5.57 Å². The summed E-state index contributed by atoms with van der Waals surface area (Å²) >= 11 is 0. The molecule has 0 unspecified atom stereocenters. The molecule has 0 fully saturated rings. The van der Waals surface area contributed by atoms with E-state index in [4.69, 9.17) is 16.2 Å². The number of amidine groups is 1. The van der Waals surface area contributed by atoms with Crippen molar-refractivity contribution in [3.05, 3.63) is 11.6 Å². The molecule has 0 rings (SSSR count). The van der Waals surface area contributed by atoms with E-state index < -0.39 is 12.0 Å². The van der Waals surface area contributed by atoms with Crippen LogP contribution in [0.3, 0.4) is 0 Å². The lowest BCUT2D eigenvalue weighted by atomic mass is 10.1. The van der Waals surface area contributed by atoms with Crippen molar-refractivity contribution in [2.24, 2.45) is 5.73 Å². The molecule has 0 aliphatic heterocycles. The monoisotopic (exact) mass is 213 g/mol. The quantitative estimate of drug-likeness (QED) is 0.296. The second kappa shape index (κ2) is 7.00. The van der Waals surface area contributed by atoms with Gasteiger partial charge in [-0.1, -0.05) is 11.6 Å². The molecule has 15 heavy (non-hydrogen) atoms. The van der Waals surface area contributed by atoms with Crippen LogP contribution in [0.2, 0.25) is 0 Å². The number of hydrogen-bond donors (Lipinski definition) is 4. The van der Waals surface area contributed by atoms with Gasteiger partial charge in [0.2, 0.25) is 0 Å². The highest BCUT2D eigenvalue weighted by atomic mass is 16.4. The van der Waals surface area contributed by atoms with Crippen molar-refractivity contribution >= 4 is 11.8 Å². The Morgan fingerprint density at radius 3 is 2.67 bits per heavy atom. The highest BCUT2D eigenvalue weighted by Crippen LogP contribution is 2.00. The fraction of sp³-hybridized carbons (Fsp3) is 0.600. The van der Waals surface area contributed by atoms with E-state index in [0.29, 0.717) is 25.2 Å². The molecule has 5 heteroatoms. The van der Waals surface area contributed by atoms with Crippen molar-refractivity contribution in [3.8, 4) is 0 Å². The summed E-state index contributed by atoms with van der Waals surface area (Å²) in [4.78, 5) is 10.4. The standard InChI is InChI=1S/C10H19N3O2/c1-7(6-13-8(2)11)4-3-5-9(12)10(14)15/h4,9H,3,5-6,12H2,1-2H3,(H2,11,13)(H,14,15)/b7-4+/t9-/m0/s1. The number of carboxylic acids is 1. The molecule has 0 saturated heterocycles. The van der Waals surface area contributed by atoms with Gasteiger partial charge in [0.1, 0.15) is 6.04 Å². The van der Waals surface area contributed by atoms with Crippen LogP contribution < -0.4 is 11.1 Å². The van der Waals surface area contributed by atoms with Crippen molar-refractivity contribution in [1.82, 2.24) is 5.32 Å². The van der Waals surface area contributed by atoms with E-state index in [1.807, 2.05) is 13.0 Å². The van der Waals surface area contributed by atoms with Crippen LogP contribution in [0.25, 0.3) is 0 Å². The van der Waals surface area contributed by atoms with E-state index in [1.165, 1.54) is 0 Å². The number of rotatable bonds is 6. The van der Waals surface area contributed by atoms with E-state index in [1.54, 1.807) is 6.92 Å². The number of carbonyl (C=O) groups is 1. The molecule has 0 aromatic heterocycles. The van der Waals surface area contributed by atoms with Gasteiger partial charge in [0, 0.05) is 6.54 Å². The highest BCUT2D eigenvalue weighted by molar-refractivity contribution is 5.76. The van der Waals surface area contributed by atoms with Crippen LogP contribution in [-0.2, 0) is 4.79 Å². The van der Waals surface area contributed by atoms with Gasteiger partial charge in [-0.3, -0.25) is 10.2 Å². The number of nitrogens with one attached hydrogen (secondary N) is 2. The average molecular weight is 213 g/mol. The van der Waals surface area contributed by atoms with Crippen LogP contribution in [0.15, 0.2) is 11.6 Å². The molecule has 0 saturated carbocycles. The van der Waals surface area contributed by atoms with Crippen molar-refractivity contribution in [2.45, 2.75) is 32.7 Å². The maximum Gasteiger partial charge on any atom is 0.320 e. The van der Waals surface area contributed by atoms with Gasteiger partial charge < -0.3 is 16.2 Å². The van der Waals surface area contributed by atoms with Crippen LogP contribution >= 0.6 is 0 Å². The lowest BCUT2D eigenvalue weighted by Gasteiger charge is -2.06.